The van der Waals surface area contributed by atoms with Crippen molar-refractivity contribution in [2.24, 2.45) is 11.3 Å². The second kappa shape index (κ2) is 7.28. The molecule has 7 nitrogen and oxygen atoms in total. The average molecular weight is 479 g/mol. The third-order valence-corrected chi connectivity index (χ3v) is 8.73. The molecule has 1 saturated carbocycles. The maximum Gasteiger partial charge on any atom is 0.200 e. The molecular formula is C25H31ClO7. The van der Waals surface area contributed by atoms with Crippen molar-refractivity contribution in [3.8, 4) is 11.5 Å². The van der Waals surface area contributed by atoms with Crippen molar-refractivity contribution < 1.29 is 34.8 Å². The van der Waals surface area contributed by atoms with Gasteiger partial charge in [-0.1, -0.05) is 13.8 Å². The molecule has 0 unspecified atom stereocenters. The molecule has 180 valence electrons. The Hall–Kier alpha value is -1.93. The van der Waals surface area contributed by atoms with Crippen molar-refractivity contribution in [3.63, 3.8) is 0 Å². The van der Waals surface area contributed by atoms with Gasteiger partial charge in [0.25, 0.3) is 0 Å². The molecule has 0 amide bonds. The number of carbonyl (C=O) groups is 2. The Labute approximate surface area is 198 Å². The number of aliphatic hydroxyl groups excluding tert-OH is 1. The standard InChI is InChI=1S/C25H31ClO7/c1-22(2)16(24(5,32)7-6-17(22)26)11-25-14(10-18(29)23(3,4)33-25)20(30)19-13(21(25)31)8-12(27)9-15(19)28/h8-10,16-18,27-29,32H,6-7,11H2,1-5H3/t16-,17-,18-,24-,25+/m0/s1. The molecule has 1 aromatic rings. The van der Waals surface area contributed by atoms with Gasteiger partial charge in [-0.3, -0.25) is 9.59 Å². The van der Waals surface area contributed by atoms with Gasteiger partial charge in [0.05, 0.1) is 16.8 Å². The number of alkyl halides is 1. The Balaban J connectivity index is 1.97. The molecule has 0 saturated heterocycles. The number of phenolic OH excluding ortho intramolecular Hbond substituents is 2. The number of rotatable bonds is 2. The Morgan fingerprint density at radius 2 is 1.76 bits per heavy atom. The molecule has 8 heteroatoms. The van der Waals surface area contributed by atoms with Crippen molar-refractivity contribution in [1.82, 2.24) is 0 Å². The predicted octanol–water partition coefficient (Wildman–Crippen LogP) is 3.50. The number of fused-ring (bicyclic) bond motifs is 2. The Morgan fingerprint density at radius 1 is 1.12 bits per heavy atom. The van der Waals surface area contributed by atoms with E-state index in [9.17, 15) is 30.0 Å². The van der Waals surface area contributed by atoms with E-state index in [1.54, 1.807) is 20.8 Å². The number of ketones is 2. The van der Waals surface area contributed by atoms with Crippen LogP contribution in [-0.2, 0) is 4.74 Å². The van der Waals surface area contributed by atoms with Gasteiger partial charge in [0.15, 0.2) is 17.2 Å². The molecule has 1 heterocycles. The van der Waals surface area contributed by atoms with Crippen molar-refractivity contribution in [2.75, 3.05) is 0 Å². The van der Waals surface area contributed by atoms with Gasteiger partial charge < -0.3 is 25.2 Å². The largest absolute Gasteiger partial charge is 0.508 e. The van der Waals surface area contributed by atoms with Gasteiger partial charge in [-0.25, -0.2) is 0 Å². The van der Waals surface area contributed by atoms with Gasteiger partial charge in [-0.15, -0.1) is 11.6 Å². The Kier molecular flexibility index (Phi) is 5.34. The van der Waals surface area contributed by atoms with Crippen LogP contribution in [0, 0.1) is 11.3 Å². The lowest BCUT2D eigenvalue weighted by Gasteiger charge is -2.55. The summed E-state index contributed by atoms with van der Waals surface area (Å²) in [6.07, 6.45) is 1.09. The molecule has 0 radical (unpaired) electrons. The molecule has 1 aromatic carbocycles. The van der Waals surface area contributed by atoms with Gasteiger partial charge in [-0.05, 0) is 63.5 Å². The lowest BCUT2D eigenvalue weighted by atomic mass is 9.56. The van der Waals surface area contributed by atoms with Crippen LogP contribution in [0.15, 0.2) is 23.8 Å². The summed E-state index contributed by atoms with van der Waals surface area (Å²) in [4.78, 5) is 27.6. The second-order valence-corrected chi connectivity index (χ2v) is 11.6. The summed E-state index contributed by atoms with van der Waals surface area (Å²) >= 11 is 6.66. The zero-order valence-corrected chi connectivity index (χ0v) is 20.2. The first kappa shape index (κ1) is 24.2. The number of halogens is 1. The van der Waals surface area contributed by atoms with Gasteiger partial charge in [0.2, 0.25) is 0 Å². The highest BCUT2D eigenvalue weighted by molar-refractivity contribution is 6.28. The van der Waals surface area contributed by atoms with E-state index in [1.165, 1.54) is 6.08 Å². The van der Waals surface area contributed by atoms with Gasteiger partial charge in [0.1, 0.15) is 17.6 Å². The zero-order valence-electron chi connectivity index (χ0n) is 19.5. The number of ether oxygens (including phenoxy) is 1. The van der Waals surface area contributed by atoms with E-state index in [1.807, 2.05) is 13.8 Å². The molecule has 5 atom stereocenters. The maximum atomic E-state index is 14.1. The first-order valence-electron chi connectivity index (χ1n) is 11.2. The minimum atomic E-state index is -1.83. The fourth-order valence-electron chi connectivity index (χ4n) is 5.87. The monoisotopic (exact) mass is 478 g/mol. The predicted molar refractivity (Wildman–Crippen MR) is 122 cm³/mol. The van der Waals surface area contributed by atoms with Crippen molar-refractivity contribution in [3.05, 3.63) is 34.9 Å². The number of benzene rings is 1. The number of aromatic hydroxyl groups is 2. The number of Topliss-reactive ketones (excluding diaryl/α,β-unsaturated/α-hetero) is 2. The number of phenols is 2. The summed E-state index contributed by atoms with van der Waals surface area (Å²) in [5.41, 5.74) is -5.32. The van der Waals surface area contributed by atoms with Crippen LogP contribution in [0.5, 0.6) is 11.5 Å². The molecule has 4 N–H and O–H groups in total. The molecule has 0 aromatic heterocycles. The van der Waals surface area contributed by atoms with E-state index in [0.29, 0.717) is 12.8 Å². The normalized spacial score (nSPS) is 37.2. The van der Waals surface area contributed by atoms with Gasteiger partial charge in [-0.2, -0.15) is 0 Å². The highest BCUT2D eigenvalue weighted by Gasteiger charge is 2.62. The molecule has 2 aliphatic carbocycles. The lowest BCUT2D eigenvalue weighted by molar-refractivity contribution is -0.178. The quantitative estimate of drug-likeness (QED) is 0.479. The van der Waals surface area contributed by atoms with Gasteiger partial charge >= 0.3 is 0 Å². The maximum absolute atomic E-state index is 14.1. The van der Waals surface area contributed by atoms with Crippen LogP contribution in [0.2, 0.25) is 0 Å². The van der Waals surface area contributed by atoms with Crippen LogP contribution >= 0.6 is 11.6 Å². The third-order valence-electron chi connectivity index (χ3n) is 7.95. The summed E-state index contributed by atoms with van der Waals surface area (Å²) in [5.74, 6) is -2.70. The molecule has 0 bridgehead atoms. The van der Waals surface area contributed by atoms with Crippen LogP contribution < -0.4 is 0 Å². The highest BCUT2D eigenvalue weighted by Crippen LogP contribution is 2.56. The molecule has 33 heavy (non-hydrogen) atoms. The smallest absolute Gasteiger partial charge is 0.200 e. The first-order valence-corrected chi connectivity index (χ1v) is 11.6. The first-order chi connectivity index (χ1) is 15.0. The molecule has 0 spiro atoms. The topological polar surface area (TPSA) is 124 Å². The van der Waals surface area contributed by atoms with E-state index in [2.05, 4.69) is 0 Å². The van der Waals surface area contributed by atoms with E-state index in [0.717, 1.165) is 12.1 Å². The fourth-order valence-corrected chi connectivity index (χ4v) is 6.13. The fraction of sp³-hybridized carbons (Fsp3) is 0.600. The van der Waals surface area contributed by atoms with Crippen molar-refractivity contribution in [2.45, 2.75) is 82.2 Å². The van der Waals surface area contributed by atoms with Crippen LogP contribution in [0.25, 0.3) is 0 Å². The van der Waals surface area contributed by atoms with E-state index in [4.69, 9.17) is 16.3 Å². The van der Waals surface area contributed by atoms with E-state index < -0.39 is 51.6 Å². The van der Waals surface area contributed by atoms with Crippen LogP contribution in [0.1, 0.15) is 74.6 Å². The lowest BCUT2D eigenvalue weighted by Crippen LogP contribution is -2.63. The Morgan fingerprint density at radius 3 is 2.39 bits per heavy atom. The summed E-state index contributed by atoms with van der Waals surface area (Å²) in [7, 11) is 0. The molecule has 1 fully saturated rings. The number of hydrogen-bond acceptors (Lipinski definition) is 7. The average Bonchev–Trinajstić information content (AvgIpc) is 2.68. The number of carbonyl (C=O) groups excluding carboxylic acids is 2. The van der Waals surface area contributed by atoms with Crippen LogP contribution in [-0.4, -0.2) is 60.3 Å². The minimum Gasteiger partial charge on any atom is -0.508 e. The van der Waals surface area contributed by atoms with Crippen molar-refractivity contribution >= 4 is 23.2 Å². The molecule has 4 rings (SSSR count). The highest BCUT2D eigenvalue weighted by atomic mass is 35.5. The number of aliphatic hydroxyl groups is 2. The summed E-state index contributed by atoms with van der Waals surface area (Å²) in [6, 6.07) is 2.14. The Bertz CT molecular complexity index is 1070. The zero-order chi connectivity index (χ0) is 24.7. The second-order valence-electron chi connectivity index (χ2n) is 11.0. The van der Waals surface area contributed by atoms with Crippen LogP contribution in [0.4, 0.5) is 0 Å². The summed E-state index contributed by atoms with van der Waals surface area (Å²) in [5, 5.41) is 42.2. The molecule has 1 aliphatic heterocycles. The SMILES string of the molecule is CC1(C)O[C@@]2(C[C@H]3C(C)(C)[C@@H](Cl)CC[C@]3(C)O)C(=O)c3cc(O)cc(O)c3C(=O)C2=C[C@@H]1O. The van der Waals surface area contributed by atoms with Crippen molar-refractivity contribution in [1.29, 1.82) is 0 Å². The molecule has 3 aliphatic rings. The van der Waals surface area contributed by atoms with E-state index in [-0.39, 0.29) is 34.2 Å². The third kappa shape index (κ3) is 3.43. The van der Waals surface area contributed by atoms with Crippen LogP contribution in [0.3, 0.4) is 0 Å². The van der Waals surface area contributed by atoms with Gasteiger partial charge in [0, 0.05) is 22.6 Å². The summed E-state index contributed by atoms with van der Waals surface area (Å²) in [6.45, 7) is 8.79. The molecular weight excluding hydrogens is 448 g/mol. The summed E-state index contributed by atoms with van der Waals surface area (Å²) < 4.78 is 6.32. The number of hydrogen-bond donors (Lipinski definition) is 4. The minimum absolute atomic E-state index is 0.0569. The van der Waals surface area contributed by atoms with E-state index >= 15 is 0 Å².